The van der Waals surface area contributed by atoms with Crippen molar-refractivity contribution in [2.45, 2.75) is 59.7 Å². The minimum atomic E-state index is -0.889. The normalized spacial score (nSPS) is 17.8. The van der Waals surface area contributed by atoms with Gasteiger partial charge in [-0.1, -0.05) is 51.1 Å². The fourth-order valence-electron chi connectivity index (χ4n) is 6.97. The van der Waals surface area contributed by atoms with E-state index in [2.05, 4.69) is 5.32 Å². The molecule has 1 saturated heterocycles. The summed E-state index contributed by atoms with van der Waals surface area (Å²) in [6.45, 7) is 9.88. The van der Waals surface area contributed by atoms with Gasteiger partial charge >= 0.3 is 6.09 Å². The molecule has 0 aliphatic carbocycles. The van der Waals surface area contributed by atoms with Crippen LogP contribution in [-0.2, 0) is 30.5 Å². The van der Waals surface area contributed by atoms with E-state index in [1.807, 2.05) is 51.1 Å². The van der Waals surface area contributed by atoms with Crippen LogP contribution < -0.4 is 5.32 Å². The molecule has 0 radical (unpaired) electrons. The average Bonchev–Trinajstić information content (AvgIpc) is 3.81. The minimum Gasteiger partial charge on any atom is -0.444 e. The molecule has 1 aromatic heterocycles. The van der Waals surface area contributed by atoms with Crippen LogP contribution in [0.15, 0.2) is 66.9 Å². The number of aliphatic hydroxyl groups excluding tert-OH is 1. The van der Waals surface area contributed by atoms with Crippen LogP contribution >= 0.6 is 0 Å². The molecule has 3 atom stereocenters. The van der Waals surface area contributed by atoms with Gasteiger partial charge in [0.25, 0.3) is 11.8 Å². The number of aromatic nitrogens is 2. The van der Waals surface area contributed by atoms with Crippen molar-refractivity contribution in [3.05, 3.63) is 89.9 Å². The predicted molar refractivity (Wildman–Crippen MR) is 198 cm³/mol. The van der Waals surface area contributed by atoms with Gasteiger partial charge in [-0.3, -0.25) is 24.1 Å². The molecule has 13 nitrogen and oxygen atoms in total. The number of nitrogens with one attached hydrogen (secondary N) is 1. The van der Waals surface area contributed by atoms with Crippen molar-refractivity contribution in [3.63, 3.8) is 0 Å². The van der Waals surface area contributed by atoms with Gasteiger partial charge in [0.15, 0.2) is 0 Å². The summed E-state index contributed by atoms with van der Waals surface area (Å²) in [6.07, 6.45) is 3.25. The number of hydrogen-bond donors (Lipinski definition) is 2. The number of imidazole rings is 1. The molecule has 0 saturated carbocycles. The summed E-state index contributed by atoms with van der Waals surface area (Å²) in [5, 5.41) is 13.1. The summed E-state index contributed by atoms with van der Waals surface area (Å²) in [5.74, 6) is -4.70. The molecule has 2 unspecified atom stereocenters. The molecule has 0 bridgehead atoms. The first kappa shape index (κ1) is 40.7. The summed E-state index contributed by atoms with van der Waals surface area (Å²) in [6, 6.07) is 11.6. The molecule has 3 heterocycles. The number of rotatable bonds is 12. The Morgan fingerprint density at radius 2 is 1.67 bits per heavy atom. The number of ether oxygens (including phenoxy) is 1. The Morgan fingerprint density at radius 1 is 1.00 bits per heavy atom. The second-order valence-corrected chi connectivity index (χ2v) is 15.9. The van der Waals surface area contributed by atoms with Gasteiger partial charge in [0.2, 0.25) is 11.8 Å². The van der Waals surface area contributed by atoms with E-state index in [9.17, 15) is 33.5 Å². The van der Waals surface area contributed by atoms with Crippen LogP contribution in [-0.4, -0.2) is 104 Å². The number of halogens is 2. The number of likely N-dealkylation sites (tertiary alicyclic amines) is 1. The monoisotopic (exact) mass is 762 g/mol. The van der Waals surface area contributed by atoms with Gasteiger partial charge < -0.3 is 29.5 Å². The van der Waals surface area contributed by atoms with Crippen molar-refractivity contribution >= 4 is 29.7 Å². The van der Waals surface area contributed by atoms with Crippen molar-refractivity contribution in [1.82, 2.24) is 29.6 Å². The van der Waals surface area contributed by atoms with E-state index in [0.717, 1.165) is 40.8 Å². The van der Waals surface area contributed by atoms with Crippen LogP contribution in [0.1, 0.15) is 59.0 Å². The lowest BCUT2D eigenvalue weighted by Gasteiger charge is -2.41. The zero-order chi connectivity index (χ0) is 40.2. The highest BCUT2D eigenvalue weighted by Crippen LogP contribution is 2.41. The van der Waals surface area contributed by atoms with Crippen LogP contribution in [0.3, 0.4) is 0 Å². The van der Waals surface area contributed by atoms with E-state index in [1.165, 1.54) is 9.80 Å². The fourth-order valence-corrected chi connectivity index (χ4v) is 6.97. The molecular weight excluding hydrogens is 714 g/mol. The summed E-state index contributed by atoms with van der Waals surface area (Å²) in [7, 11) is 0. The highest BCUT2D eigenvalue weighted by atomic mass is 19.1. The van der Waals surface area contributed by atoms with Crippen LogP contribution in [0.5, 0.6) is 0 Å². The number of hydrogen-bond acceptors (Lipinski definition) is 8. The molecule has 294 valence electrons. The zero-order valence-electron chi connectivity index (χ0n) is 31.9. The second kappa shape index (κ2) is 16.5. The zero-order valence-corrected chi connectivity index (χ0v) is 31.9. The van der Waals surface area contributed by atoms with Gasteiger partial charge in [-0.15, -0.1) is 0 Å². The summed E-state index contributed by atoms with van der Waals surface area (Å²) in [4.78, 5) is 73.9. The lowest BCUT2D eigenvalue weighted by molar-refractivity contribution is -0.141. The number of carbonyl (C=O) groups excluding carboxylic acids is 5. The quantitative estimate of drug-likeness (QED) is 0.259. The molecule has 55 heavy (non-hydrogen) atoms. The molecule has 15 heteroatoms. The van der Waals surface area contributed by atoms with Gasteiger partial charge in [0.1, 0.15) is 29.7 Å². The number of nitrogens with zero attached hydrogens (tertiary/aromatic N) is 5. The van der Waals surface area contributed by atoms with Crippen molar-refractivity contribution < 1.29 is 42.6 Å². The smallest absolute Gasteiger partial charge is 0.410 e. The standard InChI is InChI=1S/C40H48F2N6O7/c1-39(2,3)35(36-44-31(28-18-27(41)12-13-30(28)42)23-45(36)19-25-10-8-7-9-11-25)48(34(52)24-49)21-26-20-46(38(54)55-40(4,5)6)22-29(26)37(53)43-16-17-47-32(50)14-15-33(47)51/h7-15,18,23,26,29,35,49H,16-17,19-22,24H2,1-6H3,(H,43,53)/t26?,29?,35-/m0/s1. The summed E-state index contributed by atoms with van der Waals surface area (Å²) in [5.41, 5.74) is -0.691. The first-order valence-corrected chi connectivity index (χ1v) is 18.1. The number of carbonyl (C=O) groups is 5. The molecule has 2 N–H and O–H groups in total. The van der Waals surface area contributed by atoms with Gasteiger partial charge in [-0.05, 0) is 49.9 Å². The Kier molecular flexibility index (Phi) is 12.2. The van der Waals surface area contributed by atoms with E-state index < -0.39 is 76.9 Å². The number of amides is 5. The largest absolute Gasteiger partial charge is 0.444 e. The number of benzene rings is 2. The molecule has 2 aliphatic heterocycles. The first-order chi connectivity index (χ1) is 25.9. The van der Waals surface area contributed by atoms with Crippen molar-refractivity contribution in [3.8, 4) is 11.3 Å². The minimum absolute atomic E-state index is 0.0182. The molecule has 2 aliphatic rings. The van der Waals surface area contributed by atoms with Crippen LogP contribution in [0.4, 0.5) is 13.6 Å². The second-order valence-electron chi connectivity index (χ2n) is 15.9. The third-order valence-corrected chi connectivity index (χ3v) is 9.44. The Morgan fingerprint density at radius 3 is 2.29 bits per heavy atom. The van der Waals surface area contributed by atoms with Gasteiger partial charge in [-0.25, -0.2) is 18.6 Å². The Bertz CT molecular complexity index is 1930. The Balaban J connectivity index is 1.53. The topological polar surface area (TPSA) is 154 Å². The number of aliphatic hydroxyl groups is 1. The highest BCUT2D eigenvalue weighted by Gasteiger charge is 2.46. The Labute approximate surface area is 318 Å². The lowest BCUT2D eigenvalue weighted by Crippen LogP contribution is -2.48. The van der Waals surface area contributed by atoms with E-state index in [1.54, 1.807) is 31.5 Å². The average molecular weight is 763 g/mol. The first-order valence-electron chi connectivity index (χ1n) is 18.1. The van der Waals surface area contributed by atoms with E-state index >= 15 is 4.39 Å². The highest BCUT2D eigenvalue weighted by molar-refractivity contribution is 6.12. The molecule has 1 fully saturated rings. The lowest BCUT2D eigenvalue weighted by atomic mass is 9.83. The van der Waals surface area contributed by atoms with E-state index in [0.29, 0.717) is 5.82 Å². The van der Waals surface area contributed by atoms with Crippen LogP contribution in [0.25, 0.3) is 11.3 Å². The molecule has 0 spiro atoms. The third kappa shape index (κ3) is 9.82. The van der Waals surface area contributed by atoms with Crippen LogP contribution in [0, 0.1) is 28.9 Å². The molecular formula is C40H48F2N6O7. The van der Waals surface area contributed by atoms with Gasteiger partial charge in [-0.2, -0.15) is 0 Å². The fraction of sp³-hybridized carbons (Fsp3) is 0.450. The predicted octanol–water partition coefficient (Wildman–Crippen LogP) is 4.31. The maximum Gasteiger partial charge on any atom is 0.410 e. The molecule has 2 aromatic carbocycles. The van der Waals surface area contributed by atoms with E-state index in [-0.39, 0.29) is 50.5 Å². The molecule has 5 rings (SSSR count). The van der Waals surface area contributed by atoms with Gasteiger partial charge in [0, 0.05) is 69.1 Å². The van der Waals surface area contributed by atoms with E-state index in [4.69, 9.17) is 9.72 Å². The summed E-state index contributed by atoms with van der Waals surface area (Å²) < 4.78 is 37.0. The Hall–Kier alpha value is -5.44. The molecule has 3 aromatic rings. The van der Waals surface area contributed by atoms with Crippen molar-refractivity contribution in [1.29, 1.82) is 0 Å². The van der Waals surface area contributed by atoms with Crippen LogP contribution in [0.2, 0.25) is 0 Å². The maximum absolute atomic E-state index is 15.2. The summed E-state index contributed by atoms with van der Waals surface area (Å²) >= 11 is 0. The SMILES string of the molecule is CC(C)(C)OC(=O)N1CC(CN(C(=O)CO)[C@@H](c2nc(-c3cc(F)ccc3F)cn2Cc2ccccc2)C(C)(C)C)C(C(=O)NCCN2C(=O)C=CC2=O)C1. The number of imide groups is 1. The van der Waals surface area contributed by atoms with Crippen molar-refractivity contribution in [2.75, 3.05) is 39.3 Å². The maximum atomic E-state index is 15.2. The van der Waals surface area contributed by atoms with Crippen molar-refractivity contribution in [2.24, 2.45) is 17.3 Å². The third-order valence-electron chi connectivity index (χ3n) is 9.44. The molecule has 5 amide bonds. The van der Waals surface area contributed by atoms with Gasteiger partial charge in [0.05, 0.1) is 17.7 Å².